The van der Waals surface area contributed by atoms with Crippen molar-refractivity contribution in [3.8, 4) is 0 Å². The third kappa shape index (κ3) is 1.92. The maximum absolute atomic E-state index is 12.0. The number of hydrogen-bond acceptors (Lipinski definition) is 6. The second-order valence-electron chi connectivity index (χ2n) is 4.46. The summed E-state index contributed by atoms with van der Waals surface area (Å²) in [4.78, 5) is 25.8. The lowest BCUT2D eigenvalue weighted by molar-refractivity contribution is -0.0313. The molecular weight excluding hydrogens is 308 g/mol. The van der Waals surface area contributed by atoms with Crippen LogP contribution >= 0.6 is 22.9 Å². The standard InChI is InChI=1S/C11H11ClN2O5S/c12-3-5-6(15)7(16)10(19-5)14-4-1-2-20-8(4)9(17)13-11(14)18/h1-2,5-7,10,15-16H,3H2,(H,13,17,18)/t5-,6-,7-,10-/m1/s1. The number of hydrogen-bond donors (Lipinski definition) is 3. The Bertz CT molecular complexity index is 753. The summed E-state index contributed by atoms with van der Waals surface area (Å²) < 4.78 is 6.92. The highest BCUT2D eigenvalue weighted by Crippen LogP contribution is 2.31. The summed E-state index contributed by atoms with van der Waals surface area (Å²) in [6.07, 6.45) is -4.35. The number of aliphatic hydroxyl groups is 2. The molecule has 2 aromatic heterocycles. The van der Waals surface area contributed by atoms with Crippen LogP contribution in [0.5, 0.6) is 0 Å². The van der Waals surface area contributed by atoms with Gasteiger partial charge in [0.2, 0.25) is 0 Å². The van der Waals surface area contributed by atoms with E-state index in [1.54, 1.807) is 11.4 Å². The van der Waals surface area contributed by atoms with E-state index in [4.69, 9.17) is 16.3 Å². The second kappa shape index (κ2) is 4.97. The highest BCUT2D eigenvalue weighted by atomic mass is 35.5. The highest BCUT2D eigenvalue weighted by Gasteiger charge is 2.44. The number of aromatic nitrogens is 2. The van der Waals surface area contributed by atoms with Crippen molar-refractivity contribution in [2.24, 2.45) is 0 Å². The Balaban J connectivity index is 2.18. The first kappa shape index (κ1) is 13.8. The molecule has 2 aromatic rings. The third-order valence-electron chi connectivity index (χ3n) is 3.29. The summed E-state index contributed by atoms with van der Waals surface area (Å²) in [5.74, 6) is -0.0143. The number of alkyl halides is 1. The van der Waals surface area contributed by atoms with Gasteiger partial charge in [0.1, 0.15) is 23.0 Å². The number of nitrogens with zero attached hydrogens (tertiary/aromatic N) is 1. The highest BCUT2D eigenvalue weighted by molar-refractivity contribution is 7.17. The molecule has 4 atom stereocenters. The fourth-order valence-electron chi connectivity index (χ4n) is 2.31. The zero-order valence-corrected chi connectivity index (χ0v) is 11.6. The van der Waals surface area contributed by atoms with E-state index in [1.807, 2.05) is 0 Å². The van der Waals surface area contributed by atoms with Crippen molar-refractivity contribution in [1.82, 2.24) is 9.55 Å². The van der Waals surface area contributed by atoms with Crippen molar-refractivity contribution in [2.75, 3.05) is 5.88 Å². The lowest BCUT2D eigenvalue weighted by Gasteiger charge is -2.18. The number of H-pyrrole nitrogens is 1. The van der Waals surface area contributed by atoms with Crippen LogP contribution in [0.2, 0.25) is 0 Å². The molecule has 3 heterocycles. The van der Waals surface area contributed by atoms with Gasteiger partial charge in [-0.25, -0.2) is 4.79 Å². The fourth-order valence-corrected chi connectivity index (χ4v) is 3.34. The molecule has 1 saturated heterocycles. The number of thiophene rings is 1. The van der Waals surface area contributed by atoms with Crippen LogP contribution in [0.3, 0.4) is 0 Å². The van der Waals surface area contributed by atoms with Gasteiger partial charge < -0.3 is 14.9 Å². The molecule has 0 saturated carbocycles. The number of halogens is 1. The van der Waals surface area contributed by atoms with Gasteiger partial charge in [-0.15, -0.1) is 22.9 Å². The van der Waals surface area contributed by atoms with Crippen LogP contribution in [0, 0.1) is 0 Å². The third-order valence-corrected chi connectivity index (χ3v) is 4.50. The summed E-state index contributed by atoms with van der Waals surface area (Å²) in [5.41, 5.74) is -0.833. The molecule has 0 bridgehead atoms. The van der Waals surface area contributed by atoms with Gasteiger partial charge in [-0.3, -0.25) is 14.3 Å². The van der Waals surface area contributed by atoms with Gasteiger partial charge in [-0.05, 0) is 11.4 Å². The maximum Gasteiger partial charge on any atom is 0.331 e. The summed E-state index contributed by atoms with van der Waals surface area (Å²) in [6.45, 7) is 0. The summed E-state index contributed by atoms with van der Waals surface area (Å²) in [6, 6.07) is 1.59. The maximum atomic E-state index is 12.0. The van der Waals surface area contributed by atoms with Gasteiger partial charge in [0.25, 0.3) is 5.56 Å². The average molecular weight is 319 g/mol. The Morgan fingerprint density at radius 1 is 1.40 bits per heavy atom. The van der Waals surface area contributed by atoms with Crippen molar-refractivity contribution in [3.05, 3.63) is 32.3 Å². The number of rotatable bonds is 2. The van der Waals surface area contributed by atoms with Crippen molar-refractivity contribution in [1.29, 1.82) is 0 Å². The first-order chi connectivity index (χ1) is 9.54. The first-order valence-corrected chi connectivity index (χ1v) is 7.25. The number of fused-ring (bicyclic) bond motifs is 1. The fraction of sp³-hybridized carbons (Fsp3) is 0.455. The van der Waals surface area contributed by atoms with Crippen LogP contribution < -0.4 is 11.2 Å². The van der Waals surface area contributed by atoms with E-state index in [1.165, 1.54) is 11.3 Å². The van der Waals surface area contributed by atoms with Gasteiger partial charge in [0.15, 0.2) is 6.23 Å². The molecule has 108 valence electrons. The molecule has 0 amide bonds. The van der Waals surface area contributed by atoms with Crippen molar-refractivity contribution in [3.63, 3.8) is 0 Å². The van der Waals surface area contributed by atoms with Crippen LogP contribution in [0.15, 0.2) is 21.0 Å². The van der Waals surface area contributed by atoms with Crippen LogP contribution in [-0.2, 0) is 4.74 Å². The van der Waals surface area contributed by atoms with Crippen molar-refractivity contribution in [2.45, 2.75) is 24.5 Å². The molecule has 1 aliphatic rings. The van der Waals surface area contributed by atoms with Crippen LogP contribution in [0.4, 0.5) is 0 Å². The number of aromatic amines is 1. The van der Waals surface area contributed by atoms with Crippen LogP contribution in [0.1, 0.15) is 6.23 Å². The normalized spacial score (nSPS) is 30.1. The van der Waals surface area contributed by atoms with Gasteiger partial charge in [-0.1, -0.05) is 0 Å². The van der Waals surface area contributed by atoms with E-state index in [0.717, 1.165) is 4.57 Å². The van der Waals surface area contributed by atoms with Gasteiger partial charge >= 0.3 is 5.69 Å². The zero-order valence-electron chi connectivity index (χ0n) is 10.0. The Kier molecular flexibility index (Phi) is 3.43. The first-order valence-electron chi connectivity index (χ1n) is 5.84. The quantitative estimate of drug-likeness (QED) is 0.654. The summed E-state index contributed by atoms with van der Waals surface area (Å²) in [5, 5.41) is 21.5. The SMILES string of the molecule is O=c1[nH]c(=O)n([C@@H]2O[C@H](CCl)[C@@H](O)[C@H]2O)c2ccsc12. The van der Waals surface area contributed by atoms with E-state index in [-0.39, 0.29) is 5.88 Å². The minimum absolute atomic E-state index is 0.0143. The molecule has 0 aromatic carbocycles. The van der Waals surface area contributed by atoms with E-state index in [0.29, 0.717) is 10.2 Å². The molecule has 7 nitrogen and oxygen atoms in total. The van der Waals surface area contributed by atoms with E-state index in [2.05, 4.69) is 4.98 Å². The predicted octanol–water partition coefficient (Wildman–Crippen LogP) is -0.391. The van der Waals surface area contributed by atoms with E-state index >= 15 is 0 Å². The Hall–Kier alpha value is -1.19. The van der Waals surface area contributed by atoms with E-state index in [9.17, 15) is 19.8 Å². The molecule has 1 aliphatic heterocycles. The minimum atomic E-state index is -1.30. The number of ether oxygens (including phenoxy) is 1. The van der Waals surface area contributed by atoms with Crippen molar-refractivity contribution >= 4 is 33.2 Å². The molecule has 20 heavy (non-hydrogen) atoms. The minimum Gasteiger partial charge on any atom is -0.387 e. The topological polar surface area (TPSA) is 105 Å². The van der Waals surface area contributed by atoms with Crippen LogP contribution in [-0.4, -0.2) is 44.0 Å². The molecule has 1 fully saturated rings. The molecule has 0 spiro atoms. The Labute approximate surface area is 121 Å². The Morgan fingerprint density at radius 2 is 2.15 bits per heavy atom. The van der Waals surface area contributed by atoms with Gasteiger partial charge in [0, 0.05) is 0 Å². The number of nitrogens with one attached hydrogen (secondary N) is 1. The molecule has 0 aliphatic carbocycles. The molecule has 3 rings (SSSR count). The number of aliphatic hydroxyl groups excluding tert-OH is 2. The van der Waals surface area contributed by atoms with Gasteiger partial charge in [-0.2, -0.15) is 0 Å². The largest absolute Gasteiger partial charge is 0.387 e. The van der Waals surface area contributed by atoms with Crippen LogP contribution in [0.25, 0.3) is 10.2 Å². The molecular formula is C11H11ClN2O5S. The molecule has 0 unspecified atom stereocenters. The zero-order chi connectivity index (χ0) is 14.4. The predicted molar refractivity (Wildman–Crippen MR) is 73.3 cm³/mol. The molecule has 0 radical (unpaired) electrons. The summed E-state index contributed by atoms with van der Waals surface area (Å²) >= 11 is 6.82. The second-order valence-corrected chi connectivity index (χ2v) is 5.69. The monoisotopic (exact) mass is 318 g/mol. The molecule has 3 N–H and O–H groups in total. The lowest BCUT2D eigenvalue weighted by atomic mass is 10.1. The van der Waals surface area contributed by atoms with Gasteiger partial charge in [0.05, 0.1) is 11.4 Å². The lowest BCUT2D eigenvalue weighted by Crippen LogP contribution is -2.38. The summed E-state index contributed by atoms with van der Waals surface area (Å²) in [7, 11) is 0. The van der Waals surface area contributed by atoms with Crippen molar-refractivity contribution < 1.29 is 14.9 Å². The Morgan fingerprint density at radius 3 is 2.80 bits per heavy atom. The average Bonchev–Trinajstić information content (AvgIpc) is 2.99. The van der Waals surface area contributed by atoms with E-state index < -0.39 is 35.8 Å². The smallest absolute Gasteiger partial charge is 0.331 e. The molecule has 9 heteroatoms.